The maximum absolute atomic E-state index is 11.0. The molecular formula is C8H13N3O2. The van der Waals surface area contributed by atoms with E-state index in [1.165, 1.54) is 6.33 Å². The van der Waals surface area contributed by atoms with Crippen LogP contribution in [0.4, 0.5) is 5.69 Å². The lowest BCUT2D eigenvalue weighted by Gasteiger charge is -2.08. The number of nitrogens with two attached hydrogens (primary N) is 1. The smallest absolute Gasteiger partial charge is 0.277 e. The molecule has 1 rings (SSSR count). The zero-order chi connectivity index (χ0) is 9.84. The molecule has 0 aliphatic rings. The maximum Gasteiger partial charge on any atom is 0.277 e. The summed E-state index contributed by atoms with van der Waals surface area (Å²) in [5, 5.41) is 0. The van der Waals surface area contributed by atoms with Gasteiger partial charge in [0, 0.05) is 0 Å². The van der Waals surface area contributed by atoms with Gasteiger partial charge in [-0.05, 0) is 5.92 Å². The van der Waals surface area contributed by atoms with E-state index in [1.807, 2.05) is 13.8 Å². The van der Waals surface area contributed by atoms with Crippen molar-refractivity contribution in [2.45, 2.75) is 13.8 Å². The van der Waals surface area contributed by atoms with Crippen LogP contribution in [0.5, 0.6) is 5.88 Å². The first-order valence-corrected chi connectivity index (χ1v) is 4.07. The van der Waals surface area contributed by atoms with Crippen LogP contribution in [-0.4, -0.2) is 16.6 Å². The Morgan fingerprint density at radius 2 is 2.38 bits per heavy atom. The lowest BCUT2D eigenvalue weighted by atomic mass is 10.2. The normalized spacial score (nSPS) is 10.4. The van der Waals surface area contributed by atoms with Gasteiger partial charge in [-0.15, -0.1) is 0 Å². The average molecular weight is 183 g/mol. The van der Waals surface area contributed by atoms with Crippen LogP contribution < -0.4 is 16.0 Å². The Hall–Kier alpha value is -1.52. The van der Waals surface area contributed by atoms with E-state index >= 15 is 0 Å². The first-order chi connectivity index (χ1) is 6.11. The minimum absolute atomic E-state index is 0.0307. The van der Waals surface area contributed by atoms with Gasteiger partial charge in [-0.3, -0.25) is 4.79 Å². The number of aromatic nitrogens is 2. The molecule has 0 fully saturated rings. The van der Waals surface area contributed by atoms with E-state index in [4.69, 9.17) is 10.5 Å². The number of nitrogen functional groups attached to an aromatic ring is 1. The summed E-state index contributed by atoms with van der Waals surface area (Å²) < 4.78 is 5.22. The highest BCUT2D eigenvalue weighted by Crippen LogP contribution is 2.11. The predicted octanol–water partition coefficient (Wildman–Crippen LogP) is 0.387. The first kappa shape index (κ1) is 9.57. The Bertz CT molecular complexity index is 332. The number of nitrogens with zero attached hydrogens (tertiary/aromatic N) is 1. The Balaban J connectivity index is 2.77. The van der Waals surface area contributed by atoms with E-state index in [-0.39, 0.29) is 17.1 Å². The Morgan fingerprint density at radius 1 is 1.69 bits per heavy atom. The number of nitrogens with one attached hydrogen (secondary N) is 1. The molecule has 1 heterocycles. The van der Waals surface area contributed by atoms with E-state index in [9.17, 15) is 4.79 Å². The number of aromatic amines is 1. The molecule has 1 aromatic heterocycles. The molecule has 0 unspecified atom stereocenters. The van der Waals surface area contributed by atoms with Crippen molar-refractivity contribution in [3.63, 3.8) is 0 Å². The molecule has 0 bridgehead atoms. The van der Waals surface area contributed by atoms with Gasteiger partial charge >= 0.3 is 0 Å². The third kappa shape index (κ3) is 2.47. The first-order valence-electron chi connectivity index (χ1n) is 4.07. The van der Waals surface area contributed by atoms with Crippen LogP contribution in [0.2, 0.25) is 0 Å². The number of ether oxygens (including phenoxy) is 1. The third-order valence-electron chi connectivity index (χ3n) is 1.41. The third-order valence-corrected chi connectivity index (χ3v) is 1.41. The zero-order valence-corrected chi connectivity index (χ0v) is 7.70. The van der Waals surface area contributed by atoms with Crippen molar-refractivity contribution in [1.82, 2.24) is 9.97 Å². The van der Waals surface area contributed by atoms with Crippen molar-refractivity contribution in [1.29, 1.82) is 0 Å². The molecule has 0 aliphatic carbocycles. The summed E-state index contributed by atoms with van der Waals surface area (Å²) >= 11 is 0. The molecule has 0 atom stereocenters. The molecule has 0 spiro atoms. The molecule has 0 saturated carbocycles. The predicted molar refractivity (Wildman–Crippen MR) is 49.6 cm³/mol. The van der Waals surface area contributed by atoms with Crippen LogP contribution in [0.3, 0.4) is 0 Å². The monoisotopic (exact) mass is 183 g/mol. The second kappa shape index (κ2) is 3.93. The van der Waals surface area contributed by atoms with E-state index in [0.29, 0.717) is 12.5 Å². The molecule has 0 saturated heterocycles. The minimum Gasteiger partial charge on any atom is -0.476 e. The molecule has 1 aromatic rings. The summed E-state index contributed by atoms with van der Waals surface area (Å²) in [6, 6.07) is 0. The standard InChI is InChI=1S/C8H13N3O2/c1-5(2)3-13-8-6(9)7(12)10-4-11-8/h4-5H,3,9H2,1-2H3,(H,10,11,12). The van der Waals surface area contributed by atoms with Crippen molar-refractivity contribution in [3.8, 4) is 5.88 Å². The summed E-state index contributed by atoms with van der Waals surface area (Å²) in [6.07, 6.45) is 1.27. The van der Waals surface area contributed by atoms with E-state index in [0.717, 1.165) is 0 Å². The van der Waals surface area contributed by atoms with Crippen LogP contribution in [0, 0.1) is 5.92 Å². The summed E-state index contributed by atoms with van der Waals surface area (Å²) in [4.78, 5) is 17.1. The molecule has 3 N–H and O–H groups in total. The van der Waals surface area contributed by atoms with Gasteiger partial charge in [0.15, 0.2) is 5.69 Å². The van der Waals surface area contributed by atoms with Gasteiger partial charge in [-0.25, -0.2) is 4.98 Å². The number of hydrogen-bond acceptors (Lipinski definition) is 4. The van der Waals surface area contributed by atoms with E-state index in [2.05, 4.69) is 9.97 Å². The Kier molecular flexibility index (Phi) is 2.89. The van der Waals surface area contributed by atoms with Gasteiger partial charge in [0.2, 0.25) is 5.88 Å². The van der Waals surface area contributed by atoms with Crippen molar-refractivity contribution < 1.29 is 4.74 Å². The zero-order valence-electron chi connectivity index (χ0n) is 7.70. The van der Waals surface area contributed by atoms with Gasteiger partial charge in [-0.2, -0.15) is 0 Å². The topological polar surface area (TPSA) is 81.0 Å². The second-order valence-electron chi connectivity index (χ2n) is 3.16. The summed E-state index contributed by atoms with van der Waals surface area (Å²) in [7, 11) is 0. The number of hydrogen-bond donors (Lipinski definition) is 2. The van der Waals surface area contributed by atoms with Gasteiger partial charge in [0.25, 0.3) is 5.56 Å². The van der Waals surface area contributed by atoms with Crippen LogP contribution in [-0.2, 0) is 0 Å². The SMILES string of the molecule is CC(C)COc1nc[nH]c(=O)c1N. The van der Waals surface area contributed by atoms with Crippen LogP contribution in [0.15, 0.2) is 11.1 Å². The van der Waals surface area contributed by atoms with Crippen molar-refractivity contribution in [3.05, 3.63) is 16.7 Å². The molecule has 0 aliphatic heterocycles. The van der Waals surface area contributed by atoms with Crippen LogP contribution in [0.1, 0.15) is 13.8 Å². The van der Waals surface area contributed by atoms with Crippen molar-refractivity contribution in [2.75, 3.05) is 12.3 Å². The second-order valence-corrected chi connectivity index (χ2v) is 3.16. The Morgan fingerprint density at radius 3 is 3.00 bits per heavy atom. The molecule has 13 heavy (non-hydrogen) atoms. The van der Waals surface area contributed by atoms with Gasteiger partial charge < -0.3 is 15.5 Å². The minimum atomic E-state index is -0.367. The molecule has 0 radical (unpaired) electrons. The molecule has 5 nitrogen and oxygen atoms in total. The molecule has 0 amide bonds. The molecule has 72 valence electrons. The number of anilines is 1. The summed E-state index contributed by atoms with van der Waals surface area (Å²) in [5.41, 5.74) is 5.10. The van der Waals surface area contributed by atoms with Gasteiger partial charge in [-0.1, -0.05) is 13.8 Å². The van der Waals surface area contributed by atoms with Gasteiger partial charge in [0.05, 0.1) is 12.9 Å². The average Bonchev–Trinajstić information content (AvgIpc) is 2.07. The lowest BCUT2D eigenvalue weighted by molar-refractivity contribution is 0.262. The number of rotatable bonds is 3. The van der Waals surface area contributed by atoms with E-state index in [1.54, 1.807) is 0 Å². The van der Waals surface area contributed by atoms with Crippen molar-refractivity contribution in [2.24, 2.45) is 5.92 Å². The fourth-order valence-electron chi connectivity index (χ4n) is 0.755. The highest BCUT2D eigenvalue weighted by Gasteiger charge is 2.05. The van der Waals surface area contributed by atoms with E-state index < -0.39 is 0 Å². The highest BCUT2D eigenvalue weighted by molar-refractivity contribution is 5.44. The molecule has 0 aromatic carbocycles. The summed E-state index contributed by atoms with van der Waals surface area (Å²) in [6.45, 7) is 4.51. The number of H-pyrrole nitrogens is 1. The Labute approximate surface area is 75.9 Å². The summed E-state index contributed by atoms with van der Waals surface area (Å²) in [5.74, 6) is 0.581. The largest absolute Gasteiger partial charge is 0.476 e. The van der Waals surface area contributed by atoms with Gasteiger partial charge in [0.1, 0.15) is 0 Å². The fourth-order valence-corrected chi connectivity index (χ4v) is 0.755. The highest BCUT2D eigenvalue weighted by atomic mass is 16.5. The van der Waals surface area contributed by atoms with Crippen LogP contribution in [0.25, 0.3) is 0 Å². The lowest BCUT2D eigenvalue weighted by Crippen LogP contribution is -2.16. The molecule has 5 heteroatoms. The van der Waals surface area contributed by atoms with Crippen molar-refractivity contribution >= 4 is 5.69 Å². The van der Waals surface area contributed by atoms with Crippen LogP contribution >= 0.6 is 0 Å². The quantitative estimate of drug-likeness (QED) is 0.710. The maximum atomic E-state index is 11.0. The molecular weight excluding hydrogens is 170 g/mol. The fraction of sp³-hybridized carbons (Fsp3) is 0.500.